The highest BCUT2D eigenvalue weighted by Crippen LogP contribution is 2.22. The zero-order chi connectivity index (χ0) is 19.9. The summed E-state index contributed by atoms with van der Waals surface area (Å²) in [7, 11) is -3.62. The first-order valence-electron chi connectivity index (χ1n) is 8.65. The van der Waals surface area contributed by atoms with E-state index in [1.165, 1.54) is 12.3 Å². The number of rotatable bonds is 8. The number of aromatic nitrogens is 2. The molecule has 1 amide bonds. The largest absolute Gasteiger partial charge is 0.448 e. The number of benzene rings is 1. The Kier molecular flexibility index (Phi) is 7.12. The molecule has 1 aromatic heterocycles. The van der Waals surface area contributed by atoms with Gasteiger partial charge < -0.3 is 9.64 Å². The predicted molar refractivity (Wildman–Crippen MR) is 104 cm³/mol. The van der Waals surface area contributed by atoms with Gasteiger partial charge in [-0.25, -0.2) is 23.2 Å². The summed E-state index contributed by atoms with van der Waals surface area (Å²) in [5.74, 6) is -0.350. The third kappa shape index (κ3) is 5.65. The van der Waals surface area contributed by atoms with E-state index in [4.69, 9.17) is 4.74 Å². The van der Waals surface area contributed by atoms with Gasteiger partial charge in [-0.05, 0) is 50.6 Å². The minimum absolute atomic E-state index is 0.0932. The van der Waals surface area contributed by atoms with Crippen LogP contribution in [0.1, 0.15) is 19.4 Å². The van der Waals surface area contributed by atoms with E-state index >= 15 is 0 Å². The van der Waals surface area contributed by atoms with Crippen LogP contribution in [0.3, 0.4) is 0 Å². The van der Waals surface area contributed by atoms with Gasteiger partial charge in [0.25, 0.3) is 0 Å². The molecule has 0 aliphatic carbocycles. The van der Waals surface area contributed by atoms with Crippen molar-refractivity contribution in [3.05, 3.63) is 42.4 Å². The van der Waals surface area contributed by atoms with Gasteiger partial charge in [0, 0.05) is 30.7 Å². The molecule has 1 heterocycles. The van der Waals surface area contributed by atoms with Gasteiger partial charge in [0.15, 0.2) is 14.9 Å². The lowest BCUT2D eigenvalue weighted by Gasteiger charge is -2.22. The van der Waals surface area contributed by atoms with Crippen LogP contribution < -0.4 is 10.2 Å². The highest BCUT2D eigenvalue weighted by Gasteiger charge is 2.17. The van der Waals surface area contributed by atoms with Crippen LogP contribution in [0.2, 0.25) is 0 Å². The highest BCUT2D eigenvalue weighted by molar-refractivity contribution is 7.91. The maximum absolute atomic E-state index is 12.1. The number of anilines is 2. The summed E-state index contributed by atoms with van der Waals surface area (Å²) in [6.45, 7) is 7.57. The molecule has 1 aromatic carbocycles. The fraction of sp³-hybridized carbons (Fsp3) is 0.389. The number of hydrogen-bond acceptors (Lipinski definition) is 7. The van der Waals surface area contributed by atoms with Gasteiger partial charge in [-0.1, -0.05) is 0 Å². The summed E-state index contributed by atoms with van der Waals surface area (Å²) in [6, 6.07) is 7.02. The van der Waals surface area contributed by atoms with Crippen LogP contribution in [-0.4, -0.2) is 49.9 Å². The van der Waals surface area contributed by atoms with Gasteiger partial charge in [0.05, 0.1) is 5.75 Å². The minimum Gasteiger partial charge on any atom is -0.448 e. The molecule has 2 aromatic rings. The number of nitrogens with zero attached hydrogens (tertiary/aromatic N) is 3. The van der Waals surface area contributed by atoms with Crippen molar-refractivity contribution in [2.45, 2.75) is 25.8 Å². The summed E-state index contributed by atoms with van der Waals surface area (Å²) in [6.07, 6.45) is 1.80. The minimum atomic E-state index is -3.62. The Morgan fingerprint density at radius 2 is 1.96 bits per heavy atom. The van der Waals surface area contributed by atoms with Crippen LogP contribution in [0, 0.1) is 6.92 Å². The Balaban J connectivity index is 1.91. The lowest BCUT2D eigenvalue weighted by Crippen LogP contribution is -2.22. The number of sulfone groups is 1. The molecule has 0 aliphatic heterocycles. The number of hydrogen-bond donors (Lipinski definition) is 1. The summed E-state index contributed by atoms with van der Waals surface area (Å²) in [5.41, 5.74) is 2.59. The molecule has 0 atom stereocenters. The molecular formula is C18H24N4O4S. The first kappa shape index (κ1) is 20.6. The van der Waals surface area contributed by atoms with Crippen molar-refractivity contribution in [3.63, 3.8) is 0 Å². The smallest absolute Gasteiger partial charge is 0.411 e. The average Bonchev–Trinajstić information content (AvgIpc) is 2.65. The van der Waals surface area contributed by atoms with Crippen LogP contribution in [0.4, 0.5) is 16.2 Å². The number of carbonyl (C=O) groups excluding carboxylic acids is 1. The second-order valence-electron chi connectivity index (χ2n) is 5.80. The second-order valence-corrected chi connectivity index (χ2v) is 7.85. The fourth-order valence-electron chi connectivity index (χ4n) is 2.53. The molecule has 0 spiro atoms. The topological polar surface area (TPSA) is 101 Å². The maximum Gasteiger partial charge on any atom is 0.411 e. The van der Waals surface area contributed by atoms with Gasteiger partial charge in [-0.15, -0.1) is 0 Å². The molecular weight excluding hydrogens is 368 g/mol. The third-order valence-electron chi connectivity index (χ3n) is 4.03. The standard InChI is InChI=1S/C18H24N4O4S/c1-4-22(5-2)15-6-7-16(14(3)12-15)21-18(23)26-10-11-27(24,25)17-8-9-19-13-20-17/h6-9,12-13H,4-5,10-11H2,1-3H3,(H,21,23). The summed E-state index contributed by atoms with van der Waals surface area (Å²) in [4.78, 5) is 21.5. The van der Waals surface area contributed by atoms with Gasteiger partial charge in [-0.3, -0.25) is 5.32 Å². The van der Waals surface area contributed by atoms with E-state index in [1.54, 1.807) is 0 Å². The molecule has 0 unspecified atom stereocenters. The van der Waals surface area contributed by atoms with Crippen LogP contribution >= 0.6 is 0 Å². The summed E-state index contributed by atoms with van der Waals surface area (Å²) in [5, 5.41) is 2.55. The zero-order valence-electron chi connectivity index (χ0n) is 15.7. The quantitative estimate of drug-likeness (QED) is 0.689. The molecule has 0 saturated heterocycles. The summed E-state index contributed by atoms with van der Waals surface area (Å²) < 4.78 is 29.2. The first-order chi connectivity index (χ1) is 12.9. The molecule has 8 nitrogen and oxygen atoms in total. The van der Waals surface area contributed by atoms with Crippen molar-refractivity contribution in [2.75, 3.05) is 35.7 Å². The molecule has 27 heavy (non-hydrogen) atoms. The zero-order valence-corrected chi connectivity index (χ0v) is 16.5. The van der Waals surface area contributed by atoms with Crippen LogP contribution in [0.5, 0.6) is 0 Å². The van der Waals surface area contributed by atoms with E-state index in [0.29, 0.717) is 5.69 Å². The number of ether oxygens (including phenoxy) is 1. The monoisotopic (exact) mass is 392 g/mol. The van der Waals surface area contributed by atoms with Crippen LogP contribution in [0.15, 0.2) is 41.8 Å². The van der Waals surface area contributed by atoms with Crippen molar-refractivity contribution in [2.24, 2.45) is 0 Å². The lowest BCUT2D eigenvalue weighted by molar-refractivity contribution is 0.168. The number of amides is 1. The van der Waals surface area contributed by atoms with Crippen molar-refractivity contribution in [1.29, 1.82) is 0 Å². The van der Waals surface area contributed by atoms with Crippen molar-refractivity contribution in [3.8, 4) is 0 Å². The third-order valence-corrected chi connectivity index (χ3v) is 5.62. The average molecular weight is 392 g/mol. The Hall–Kier alpha value is -2.68. The SMILES string of the molecule is CCN(CC)c1ccc(NC(=O)OCCS(=O)(=O)c2ccncn2)c(C)c1. The van der Waals surface area contributed by atoms with Crippen molar-refractivity contribution < 1.29 is 17.9 Å². The molecule has 0 bridgehead atoms. The number of nitrogens with one attached hydrogen (secondary N) is 1. The van der Waals surface area contributed by atoms with Crippen LogP contribution in [-0.2, 0) is 14.6 Å². The first-order valence-corrected chi connectivity index (χ1v) is 10.3. The van der Waals surface area contributed by atoms with Gasteiger partial charge >= 0.3 is 6.09 Å². The van der Waals surface area contributed by atoms with E-state index in [-0.39, 0.29) is 17.4 Å². The molecule has 0 aliphatic rings. The Morgan fingerprint density at radius 3 is 2.56 bits per heavy atom. The predicted octanol–water partition coefficient (Wildman–Crippen LogP) is 2.65. The van der Waals surface area contributed by atoms with Gasteiger partial charge in [-0.2, -0.15) is 0 Å². The molecule has 1 N–H and O–H groups in total. The van der Waals surface area contributed by atoms with E-state index in [2.05, 4.69) is 34.0 Å². The lowest BCUT2D eigenvalue weighted by atomic mass is 10.1. The number of aryl methyl sites for hydroxylation is 1. The van der Waals surface area contributed by atoms with Crippen molar-refractivity contribution >= 4 is 27.3 Å². The van der Waals surface area contributed by atoms with E-state index in [1.807, 2.05) is 25.1 Å². The van der Waals surface area contributed by atoms with Crippen LogP contribution in [0.25, 0.3) is 0 Å². The summed E-state index contributed by atoms with van der Waals surface area (Å²) >= 11 is 0. The van der Waals surface area contributed by atoms with Gasteiger partial charge in [0.2, 0.25) is 0 Å². The Bertz CT molecular complexity index is 868. The second kappa shape index (κ2) is 9.31. The van der Waals surface area contributed by atoms with E-state index < -0.39 is 15.9 Å². The molecule has 146 valence electrons. The molecule has 9 heteroatoms. The highest BCUT2D eigenvalue weighted by atomic mass is 32.2. The van der Waals surface area contributed by atoms with Gasteiger partial charge in [0.1, 0.15) is 12.9 Å². The molecule has 0 fully saturated rings. The molecule has 0 saturated carbocycles. The molecule has 2 rings (SSSR count). The Labute approximate surface area is 159 Å². The van der Waals surface area contributed by atoms with E-state index in [0.717, 1.165) is 30.7 Å². The molecule has 0 radical (unpaired) electrons. The Morgan fingerprint density at radius 1 is 1.22 bits per heavy atom. The number of carbonyl (C=O) groups is 1. The fourth-order valence-corrected chi connectivity index (χ4v) is 3.52. The maximum atomic E-state index is 12.1. The normalized spacial score (nSPS) is 11.1. The van der Waals surface area contributed by atoms with Crippen molar-refractivity contribution in [1.82, 2.24) is 9.97 Å². The van der Waals surface area contributed by atoms with E-state index in [9.17, 15) is 13.2 Å².